The predicted molar refractivity (Wildman–Crippen MR) is 88.3 cm³/mol. The number of carbonyl (C=O) groups is 1. The van der Waals surface area contributed by atoms with Gasteiger partial charge in [0.25, 0.3) is 5.91 Å². The second-order valence-corrected chi connectivity index (χ2v) is 6.32. The summed E-state index contributed by atoms with van der Waals surface area (Å²) in [5.74, 6) is 1.42. The fourth-order valence-corrected chi connectivity index (χ4v) is 3.51. The van der Waals surface area contributed by atoms with Crippen molar-refractivity contribution in [3.63, 3.8) is 0 Å². The number of thiophene rings is 1. The number of carbonyl (C=O) groups excluding carboxylic acids is 1. The Morgan fingerprint density at radius 1 is 1.26 bits per heavy atom. The highest BCUT2D eigenvalue weighted by Crippen LogP contribution is 2.32. The summed E-state index contributed by atoms with van der Waals surface area (Å²) in [5.41, 5.74) is 0.559. The number of hydrogen-bond donors (Lipinski definition) is 2. The standard InChI is InChI=1S/C17H19NO4S/c19-8-6-12(16-2-1-9-23-16)5-7-18-17(20)13-3-4-14-15(10-13)22-11-21-14/h1-4,9-10,12,19H,5-8,11H2,(H,18,20)/t12-/m0/s1. The van der Waals surface area contributed by atoms with Gasteiger partial charge in [0.2, 0.25) is 6.79 Å². The van der Waals surface area contributed by atoms with E-state index in [1.807, 2.05) is 11.4 Å². The van der Waals surface area contributed by atoms with Gasteiger partial charge in [-0.3, -0.25) is 4.79 Å². The van der Waals surface area contributed by atoms with Gasteiger partial charge >= 0.3 is 0 Å². The summed E-state index contributed by atoms with van der Waals surface area (Å²) >= 11 is 1.69. The van der Waals surface area contributed by atoms with Gasteiger partial charge in [0.15, 0.2) is 11.5 Å². The van der Waals surface area contributed by atoms with Crippen molar-refractivity contribution >= 4 is 17.2 Å². The number of benzene rings is 1. The molecule has 0 spiro atoms. The van der Waals surface area contributed by atoms with E-state index in [1.54, 1.807) is 29.5 Å². The molecule has 3 rings (SSSR count). The van der Waals surface area contributed by atoms with Crippen molar-refractivity contribution in [2.45, 2.75) is 18.8 Å². The van der Waals surface area contributed by atoms with Crippen LogP contribution in [0.15, 0.2) is 35.7 Å². The van der Waals surface area contributed by atoms with Crippen LogP contribution in [0.1, 0.15) is 34.0 Å². The zero-order valence-corrected chi connectivity index (χ0v) is 13.5. The Morgan fingerprint density at radius 2 is 2.13 bits per heavy atom. The summed E-state index contributed by atoms with van der Waals surface area (Å²) in [6, 6.07) is 9.26. The second-order valence-electron chi connectivity index (χ2n) is 5.34. The summed E-state index contributed by atoms with van der Waals surface area (Å²) in [5, 5.41) is 14.2. The number of rotatable bonds is 7. The first-order chi connectivity index (χ1) is 11.3. The first kappa shape index (κ1) is 15.8. The largest absolute Gasteiger partial charge is 0.454 e. The lowest BCUT2D eigenvalue weighted by molar-refractivity contribution is 0.0951. The fourth-order valence-electron chi connectivity index (χ4n) is 2.61. The van der Waals surface area contributed by atoms with Crippen molar-refractivity contribution in [3.8, 4) is 11.5 Å². The van der Waals surface area contributed by atoms with Gasteiger partial charge in [-0.05, 0) is 48.4 Å². The smallest absolute Gasteiger partial charge is 0.251 e. The Morgan fingerprint density at radius 3 is 2.91 bits per heavy atom. The Hall–Kier alpha value is -2.05. The third-order valence-electron chi connectivity index (χ3n) is 3.84. The second kappa shape index (κ2) is 7.48. The van der Waals surface area contributed by atoms with Crippen molar-refractivity contribution in [3.05, 3.63) is 46.2 Å². The Labute approximate surface area is 138 Å². The molecule has 0 bridgehead atoms. The third kappa shape index (κ3) is 3.83. The lowest BCUT2D eigenvalue weighted by Gasteiger charge is -2.14. The van der Waals surface area contributed by atoms with E-state index in [4.69, 9.17) is 9.47 Å². The highest BCUT2D eigenvalue weighted by atomic mass is 32.1. The van der Waals surface area contributed by atoms with Gasteiger partial charge in [-0.2, -0.15) is 0 Å². The monoisotopic (exact) mass is 333 g/mol. The molecule has 1 amide bonds. The van der Waals surface area contributed by atoms with Gasteiger partial charge in [-0.25, -0.2) is 0 Å². The molecule has 1 aliphatic rings. The van der Waals surface area contributed by atoms with Crippen LogP contribution in [-0.2, 0) is 0 Å². The molecule has 1 aromatic carbocycles. The number of ether oxygens (including phenoxy) is 2. The lowest BCUT2D eigenvalue weighted by atomic mass is 10.00. The molecule has 0 radical (unpaired) electrons. The molecule has 23 heavy (non-hydrogen) atoms. The molecule has 0 aliphatic carbocycles. The number of aliphatic hydroxyl groups is 1. The van der Waals surface area contributed by atoms with E-state index >= 15 is 0 Å². The number of fused-ring (bicyclic) bond motifs is 1. The molecule has 0 fully saturated rings. The highest BCUT2D eigenvalue weighted by molar-refractivity contribution is 7.10. The minimum Gasteiger partial charge on any atom is -0.454 e. The number of nitrogens with one attached hydrogen (secondary N) is 1. The maximum Gasteiger partial charge on any atom is 0.251 e. The average molecular weight is 333 g/mol. The zero-order valence-electron chi connectivity index (χ0n) is 12.7. The van der Waals surface area contributed by atoms with Gasteiger partial charge in [0.05, 0.1) is 0 Å². The van der Waals surface area contributed by atoms with Gasteiger partial charge in [0, 0.05) is 23.6 Å². The molecule has 0 saturated carbocycles. The Bertz CT molecular complexity index is 657. The van der Waals surface area contributed by atoms with Crippen LogP contribution in [0.3, 0.4) is 0 Å². The molecule has 1 aromatic heterocycles. The molecule has 122 valence electrons. The topological polar surface area (TPSA) is 67.8 Å². The SMILES string of the molecule is O=C(NCC[C@@H](CCO)c1cccs1)c1ccc2c(c1)OCO2. The molecule has 2 heterocycles. The molecule has 6 heteroatoms. The van der Waals surface area contributed by atoms with Gasteiger partial charge in [-0.15, -0.1) is 11.3 Å². The minimum atomic E-state index is -0.128. The molecule has 1 aliphatic heterocycles. The Kier molecular flexibility index (Phi) is 5.15. The molecular weight excluding hydrogens is 314 g/mol. The van der Waals surface area contributed by atoms with Crippen LogP contribution in [0, 0.1) is 0 Å². The van der Waals surface area contributed by atoms with Gasteiger partial charge in [-0.1, -0.05) is 6.07 Å². The molecule has 2 aromatic rings. The van der Waals surface area contributed by atoms with Crippen LogP contribution in [0.4, 0.5) is 0 Å². The molecule has 0 saturated heterocycles. The van der Waals surface area contributed by atoms with E-state index in [9.17, 15) is 9.90 Å². The maximum atomic E-state index is 12.2. The van der Waals surface area contributed by atoms with Crippen LogP contribution >= 0.6 is 11.3 Å². The lowest BCUT2D eigenvalue weighted by Crippen LogP contribution is -2.25. The predicted octanol–water partition coefficient (Wildman–Crippen LogP) is 2.76. The van der Waals surface area contributed by atoms with Crippen LogP contribution in [-0.4, -0.2) is 31.0 Å². The minimum absolute atomic E-state index is 0.128. The quantitative estimate of drug-likeness (QED) is 0.817. The van der Waals surface area contributed by atoms with Crippen molar-refractivity contribution in [2.75, 3.05) is 19.9 Å². The summed E-state index contributed by atoms with van der Waals surface area (Å²) in [6.07, 6.45) is 1.51. The van der Waals surface area contributed by atoms with Crippen LogP contribution < -0.4 is 14.8 Å². The van der Waals surface area contributed by atoms with E-state index in [1.165, 1.54) is 4.88 Å². The molecule has 1 atom stereocenters. The highest BCUT2D eigenvalue weighted by Gasteiger charge is 2.17. The van der Waals surface area contributed by atoms with Crippen LogP contribution in [0.5, 0.6) is 11.5 Å². The van der Waals surface area contributed by atoms with Crippen LogP contribution in [0.25, 0.3) is 0 Å². The Balaban J connectivity index is 1.54. The maximum absolute atomic E-state index is 12.2. The van der Waals surface area contributed by atoms with Crippen molar-refractivity contribution in [2.24, 2.45) is 0 Å². The van der Waals surface area contributed by atoms with Gasteiger partial charge < -0.3 is 19.9 Å². The third-order valence-corrected chi connectivity index (χ3v) is 4.87. The van der Waals surface area contributed by atoms with E-state index in [2.05, 4.69) is 11.4 Å². The number of hydrogen-bond acceptors (Lipinski definition) is 5. The van der Waals surface area contributed by atoms with Gasteiger partial charge in [0.1, 0.15) is 0 Å². The summed E-state index contributed by atoms with van der Waals surface area (Å²) in [6.45, 7) is 0.915. The summed E-state index contributed by atoms with van der Waals surface area (Å²) < 4.78 is 10.5. The van der Waals surface area contributed by atoms with E-state index in [0.29, 0.717) is 30.0 Å². The van der Waals surface area contributed by atoms with E-state index in [-0.39, 0.29) is 25.2 Å². The molecule has 5 nitrogen and oxygen atoms in total. The molecule has 2 N–H and O–H groups in total. The van der Waals surface area contributed by atoms with Crippen molar-refractivity contribution in [1.29, 1.82) is 0 Å². The van der Waals surface area contributed by atoms with Crippen LogP contribution in [0.2, 0.25) is 0 Å². The first-order valence-electron chi connectivity index (χ1n) is 7.60. The van der Waals surface area contributed by atoms with E-state index < -0.39 is 0 Å². The fraction of sp³-hybridized carbons (Fsp3) is 0.353. The van der Waals surface area contributed by atoms with Crippen molar-refractivity contribution < 1.29 is 19.4 Å². The summed E-state index contributed by atoms with van der Waals surface area (Å²) in [7, 11) is 0. The normalized spacial score (nSPS) is 13.8. The average Bonchev–Trinajstić information content (AvgIpc) is 3.24. The number of aliphatic hydroxyl groups excluding tert-OH is 1. The summed E-state index contributed by atoms with van der Waals surface area (Å²) in [4.78, 5) is 13.5. The zero-order chi connectivity index (χ0) is 16.1. The van der Waals surface area contributed by atoms with E-state index in [0.717, 1.165) is 6.42 Å². The first-order valence-corrected chi connectivity index (χ1v) is 8.48. The molecule has 0 unspecified atom stereocenters. The number of amides is 1. The van der Waals surface area contributed by atoms with Crippen molar-refractivity contribution in [1.82, 2.24) is 5.32 Å². The molecular formula is C17H19NO4S.